The zero-order chi connectivity index (χ0) is 13.7. The highest BCUT2D eigenvalue weighted by Crippen LogP contribution is 2.38. The molecule has 2 aliphatic rings. The highest BCUT2D eigenvalue weighted by molar-refractivity contribution is 7.99. The Morgan fingerprint density at radius 1 is 1.53 bits per heavy atom. The Morgan fingerprint density at radius 2 is 2.26 bits per heavy atom. The summed E-state index contributed by atoms with van der Waals surface area (Å²) < 4.78 is 6.11. The van der Waals surface area contributed by atoms with E-state index >= 15 is 0 Å². The Labute approximate surface area is 119 Å². The highest BCUT2D eigenvalue weighted by Gasteiger charge is 2.40. The quantitative estimate of drug-likeness (QED) is 0.355. The highest BCUT2D eigenvalue weighted by atomic mass is 32.2. The molecule has 0 saturated carbocycles. The number of thioether (sulfide) groups is 1. The number of nitrogens with two attached hydrogens (primary N) is 1. The molecule has 0 bridgehead atoms. The van der Waals surface area contributed by atoms with Gasteiger partial charge in [0.15, 0.2) is 5.84 Å². The van der Waals surface area contributed by atoms with Crippen LogP contribution in [0.15, 0.2) is 5.16 Å². The molecule has 0 aromatic rings. The van der Waals surface area contributed by atoms with Crippen molar-refractivity contribution in [2.45, 2.75) is 44.2 Å². The molecule has 1 unspecified atom stereocenters. The molecule has 1 spiro atoms. The van der Waals surface area contributed by atoms with E-state index in [9.17, 15) is 0 Å². The summed E-state index contributed by atoms with van der Waals surface area (Å²) in [5.41, 5.74) is 5.74. The second-order valence-electron chi connectivity index (χ2n) is 5.44. The number of ether oxygens (including phenoxy) is 1. The molecule has 0 amide bonds. The molecule has 2 saturated heterocycles. The van der Waals surface area contributed by atoms with Crippen LogP contribution in [0.25, 0.3) is 0 Å². The topological polar surface area (TPSA) is 71.1 Å². The van der Waals surface area contributed by atoms with Crippen LogP contribution >= 0.6 is 11.8 Å². The average Bonchev–Trinajstić information content (AvgIpc) is 2.45. The first-order valence-corrected chi connectivity index (χ1v) is 8.27. The van der Waals surface area contributed by atoms with Gasteiger partial charge in [-0.05, 0) is 43.7 Å². The van der Waals surface area contributed by atoms with Gasteiger partial charge < -0.3 is 15.7 Å². The summed E-state index contributed by atoms with van der Waals surface area (Å²) in [5, 5.41) is 11.8. The van der Waals surface area contributed by atoms with E-state index in [2.05, 4.69) is 17.0 Å². The zero-order valence-electron chi connectivity index (χ0n) is 11.7. The third-order valence-electron chi connectivity index (χ3n) is 4.29. The lowest BCUT2D eigenvalue weighted by Gasteiger charge is -2.46. The molecule has 2 heterocycles. The summed E-state index contributed by atoms with van der Waals surface area (Å²) in [6, 6.07) is 0.488. The summed E-state index contributed by atoms with van der Waals surface area (Å²) >= 11 is 2.03. The van der Waals surface area contributed by atoms with Crippen molar-refractivity contribution in [2.24, 2.45) is 10.9 Å². The molecular weight excluding hydrogens is 262 g/mol. The minimum absolute atomic E-state index is 0.0900. The van der Waals surface area contributed by atoms with E-state index < -0.39 is 0 Å². The van der Waals surface area contributed by atoms with E-state index in [1.807, 2.05) is 11.8 Å². The number of nitrogens with zero attached hydrogens (tertiary/aromatic N) is 2. The van der Waals surface area contributed by atoms with Crippen LogP contribution < -0.4 is 5.73 Å². The van der Waals surface area contributed by atoms with Gasteiger partial charge in [-0.3, -0.25) is 4.90 Å². The lowest BCUT2D eigenvalue weighted by molar-refractivity contribution is -0.108. The molecule has 5 nitrogen and oxygen atoms in total. The van der Waals surface area contributed by atoms with Crippen molar-refractivity contribution in [3.05, 3.63) is 0 Å². The van der Waals surface area contributed by atoms with Gasteiger partial charge in [0.25, 0.3) is 0 Å². The van der Waals surface area contributed by atoms with E-state index in [1.165, 1.54) is 11.5 Å². The van der Waals surface area contributed by atoms with Crippen LogP contribution in [0, 0.1) is 0 Å². The maximum atomic E-state index is 8.73. The number of hydrogen-bond donors (Lipinski definition) is 2. The summed E-state index contributed by atoms with van der Waals surface area (Å²) in [4.78, 5) is 2.31. The van der Waals surface area contributed by atoms with Crippen LogP contribution in [0.5, 0.6) is 0 Å². The van der Waals surface area contributed by atoms with E-state index in [0.29, 0.717) is 18.4 Å². The Balaban J connectivity index is 1.98. The third-order valence-corrected chi connectivity index (χ3v) is 5.27. The molecule has 2 rings (SSSR count). The fourth-order valence-electron chi connectivity index (χ4n) is 3.14. The minimum Gasteiger partial charge on any atom is -0.409 e. The molecule has 0 radical (unpaired) electrons. The number of hydrogen-bond acceptors (Lipinski definition) is 5. The monoisotopic (exact) mass is 287 g/mol. The van der Waals surface area contributed by atoms with Crippen molar-refractivity contribution >= 4 is 17.6 Å². The first-order chi connectivity index (χ1) is 9.19. The number of oxime groups is 1. The number of amidine groups is 1. The fourth-order valence-corrected chi connectivity index (χ4v) is 4.38. The van der Waals surface area contributed by atoms with Crippen LogP contribution in [-0.4, -0.2) is 58.8 Å². The third kappa shape index (κ3) is 3.77. The first kappa shape index (κ1) is 14.9. The number of rotatable bonds is 4. The van der Waals surface area contributed by atoms with Gasteiger partial charge in [-0.2, -0.15) is 11.8 Å². The second-order valence-corrected chi connectivity index (χ2v) is 6.67. The Hall–Kier alpha value is -0.460. The van der Waals surface area contributed by atoms with Gasteiger partial charge in [-0.1, -0.05) is 12.1 Å². The van der Waals surface area contributed by atoms with Gasteiger partial charge in [0.1, 0.15) is 0 Å². The van der Waals surface area contributed by atoms with Crippen molar-refractivity contribution < 1.29 is 9.94 Å². The molecule has 19 heavy (non-hydrogen) atoms. The van der Waals surface area contributed by atoms with Crippen molar-refractivity contribution in [1.82, 2.24) is 4.90 Å². The lowest BCUT2D eigenvalue weighted by Crippen LogP contribution is -2.51. The molecule has 3 N–H and O–H groups in total. The molecule has 110 valence electrons. The van der Waals surface area contributed by atoms with E-state index in [1.54, 1.807) is 0 Å². The first-order valence-electron chi connectivity index (χ1n) is 7.11. The van der Waals surface area contributed by atoms with Gasteiger partial charge in [-0.25, -0.2) is 0 Å². The second kappa shape index (κ2) is 6.81. The standard InChI is InChI=1S/C13H25N3O2S/c1-2-16(10-12(14)15-17)11-3-6-18-13(9-11)4-7-19-8-5-13/h11,17H,2-10H2,1H3,(H2,14,15). The van der Waals surface area contributed by atoms with Crippen molar-refractivity contribution in [3.8, 4) is 0 Å². The maximum absolute atomic E-state index is 8.73. The van der Waals surface area contributed by atoms with Gasteiger partial charge in [-0.15, -0.1) is 0 Å². The normalized spacial score (nSPS) is 27.9. The van der Waals surface area contributed by atoms with Crippen LogP contribution in [-0.2, 0) is 4.74 Å². The summed E-state index contributed by atoms with van der Waals surface area (Å²) in [6.07, 6.45) is 4.45. The summed E-state index contributed by atoms with van der Waals surface area (Å²) in [6.45, 7) is 4.43. The van der Waals surface area contributed by atoms with Crippen molar-refractivity contribution in [3.63, 3.8) is 0 Å². The molecule has 0 aromatic carbocycles. The largest absolute Gasteiger partial charge is 0.409 e. The van der Waals surface area contributed by atoms with Crippen LogP contribution in [0.3, 0.4) is 0 Å². The Bertz CT molecular complexity index is 314. The SMILES string of the molecule is CCN(CC(N)=NO)C1CCOC2(CCSCC2)C1. The molecule has 0 aliphatic carbocycles. The lowest BCUT2D eigenvalue weighted by atomic mass is 9.85. The maximum Gasteiger partial charge on any atom is 0.153 e. The molecule has 2 aliphatic heterocycles. The van der Waals surface area contributed by atoms with Gasteiger partial charge in [0, 0.05) is 12.6 Å². The van der Waals surface area contributed by atoms with Gasteiger partial charge in [0.2, 0.25) is 0 Å². The minimum atomic E-state index is 0.0900. The van der Waals surface area contributed by atoms with Crippen molar-refractivity contribution in [2.75, 3.05) is 31.2 Å². The molecule has 6 heteroatoms. The van der Waals surface area contributed by atoms with E-state index in [4.69, 9.17) is 15.7 Å². The van der Waals surface area contributed by atoms with Crippen LogP contribution in [0.2, 0.25) is 0 Å². The van der Waals surface area contributed by atoms with Crippen molar-refractivity contribution in [1.29, 1.82) is 0 Å². The van der Waals surface area contributed by atoms with Gasteiger partial charge in [0.05, 0.1) is 12.1 Å². The molecule has 1 atom stereocenters. The fraction of sp³-hybridized carbons (Fsp3) is 0.923. The predicted octanol–water partition coefficient (Wildman–Crippen LogP) is 1.50. The predicted molar refractivity (Wildman–Crippen MR) is 78.9 cm³/mol. The number of likely N-dealkylation sites (N-methyl/N-ethyl adjacent to an activating group) is 1. The van der Waals surface area contributed by atoms with Crippen LogP contribution in [0.4, 0.5) is 0 Å². The van der Waals surface area contributed by atoms with E-state index in [0.717, 1.165) is 38.8 Å². The molecular formula is C13H25N3O2S. The summed E-state index contributed by atoms with van der Waals surface area (Å²) in [7, 11) is 0. The van der Waals surface area contributed by atoms with E-state index in [-0.39, 0.29) is 5.60 Å². The Kier molecular flexibility index (Phi) is 5.36. The average molecular weight is 287 g/mol. The zero-order valence-corrected chi connectivity index (χ0v) is 12.5. The Morgan fingerprint density at radius 3 is 2.89 bits per heavy atom. The smallest absolute Gasteiger partial charge is 0.153 e. The molecule has 0 aromatic heterocycles. The van der Waals surface area contributed by atoms with Crippen LogP contribution in [0.1, 0.15) is 32.6 Å². The van der Waals surface area contributed by atoms with Gasteiger partial charge >= 0.3 is 0 Å². The summed E-state index contributed by atoms with van der Waals surface area (Å²) in [5.74, 6) is 2.71. The molecule has 2 fully saturated rings.